The lowest BCUT2D eigenvalue weighted by atomic mass is 9.95. The lowest BCUT2D eigenvalue weighted by Gasteiger charge is -2.29. The van der Waals surface area contributed by atoms with Crippen LogP contribution in [0.15, 0.2) is 46.6 Å². The Morgan fingerprint density at radius 1 is 1.32 bits per heavy atom. The van der Waals surface area contributed by atoms with Crippen LogP contribution in [-0.2, 0) is 9.53 Å². The van der Waals surface area contributed by atoms with Crippen molar-refractivity contribution >= 4 is 23.8 Å². The predicted molar refractivity (Wildman–Crippen MR) is 120 cm³/mol. The summed E-state index contributed by atoms with van der Waals surface area (Å²) in [5.74, 6) is -0.0505. The maximum Gasteiger partial charge on any atom is 0.338 e. The first-order valence-electron chi connectivity index (χ1n) is 10.2. The Kier molecular flexibility index (Phi) is 8.07. The number of esters is 1. The maximum absolute atomic E-state index is 13.3. The average molecular weight is 489 g/mol. The largest absolute Gasteiger partial charge is 0.497 e. The topological polar surface area (TPSA) is 113 Å². The lowest BCUT2D eigenvalue weighted by Crippen LogP contribution is -2.46. The van der Waals surface area contributed by atoms with Crippen molar-refractivity contribution in [2.24, 2.45) is 0 Å². The molecule has 11 heteroatoms. The van der Waals surface area contributed by atoms with Gasteiger partial charge in [-0.1, -0.05) is 23.9 Å². The number of benzene rings is 1. The van der Waals surface area contributed by atoms with Crippen molar-refractivity contribution < 1.29 is 27.8 Å². The molecule has 0 aliphatic carbocycles. The second-order valence-electron chi connectivity index (χ2n) is 7.16. The number of hydrogen-bond donors (Lipinski definition) is 2. The van der Waals surface area contributed by atoms with E-state index in [1.54, 1.807) is 38.1 Å². The number of nitrogens with zero attached hydrogens (tertiary/aromatic N) is 2. The summed E-state index contributed by atoms with van der Waals surface area (Å²) in [5.41, 5.74) is 1.08. The summed E-state index contributed by atoms with van der Waals surface area (Å²) in [5, 5.41) is 14.9. The molecule has 0 fully saturated rings. The van der Waals surface area contributed by atoms with Crippen molar-refractivity contribution in [2.75, 3.05) is 19.5 Å². The van der Waals surface area contributed by atoms with Gasteiger partial charge in [-0.15, -0.1) is 0 Å². The fourth-order valence-corrected chi connectivity index (χ4v) is 4.42. The molecule has 0 bridgehead atoms. The van der Waals surface area contributed by atoms with Crippen LogP contribution in [0.5, 0.6) is 5.75 Å². The third-order valence-electron chi connectivity index (χ3n) is 4.99. The van der Waals surface area contributed by atoms with E-state index in [1.807, 2.05) is 6.07 Å². The zero-order valence-electron chi connectivity index (χ0n) is 18.6. The number of ether oxygens (including phenoxy) is 2. The lowest BCUT2D eigenvalue weighted by molar-refractivity contribution is -0.139. The molecule has 34 heavy (non-hydrogen) atoms. The number of thioether (sulfide) groups is 1. The first-order chi connectivity index (χ1) is 16.3. The number of aryl methyl sites for hydroxylation is 1. The smallest absolute Gasteiger partial charge is 0.338 e. The molecule has 1 aliphatic heterocycles. The molecule has 2 amide bonds. The molecule has 1 aromatic carbocycles. The van der Waals surface area contributed by atoms with Crippen molar-refractivity contribution in [3.05, 3.63) is 64.0 Å². The fourth-order valence-electron chi connectivity index (χ4n) is 3.39. The minimum atomic E-state index is -2.81. The zero-order chi connectivity index (χ0) is 24.8. The van der Waals surface area contributed by atoms with Gasteiger partial charge in [0.25, 0.3) is 6.43 Å². The second-order valence-corrected chi connectivity index (χ2v) is 8.13. The van der Waals surface area contributed by atoms with Crippen LogP contribution in [-0.4, -0.2) is 36.5 Å². The Bertz CT molecular complexity index is 1160. The number of pyridine rings is 1. The summed E-state index contributed by atoms with van der Waals surface area (Å²) in [6.07, 6.45) is -2.81. The van der Waals surface area contributed by atoms with E-state index in [1.165, 1.54) is 13.2 Å². The van der Waals surface area contributed by atoms with Crippen LogP contribution in [0.4, 0.5) is 13.6 Å². The van der Waals surface area contributed by atoms with E-state index in [4.69, 9.17) is 9.47 Å². The van der Waals surface area contributed by atoms with Crippen LogP contribution >= 0.6 is 11.8 Å². The zero-order valence-corrected chi connectivity index (χ0v) is 19.5. The first kappa shape index (κ1) is 25.0. The molecule has 1 aliphatic rings. The number of methoxy groups -OCH3 is 1. The number of aromatic nitrogens is 1. The Morgan fingerprint density at radius 3 is 2.62 bits per heavy atom. The van der Waals surface area contributed by atoms with Gasteiger partial charge in [0.2, 0.25) is 0 Å². The first-order valence-corrected chi connectivity index (χ1v) is 11.2. The van der Waals surface area contributed by atoms with E-state index in [-0.39, 0.29) is 34.2 Å². The highest BCUT2D eigenvalue weighted by Gasteiger charge is 2.34. The normalized spacial score (nSPS) is 15.4. The minimum absolute atomic E-state index is 0.0119. The van der Waals surface area contributed by atoms with Crippen LogP contribution in [0.2, 0.25) is 0 Å². The highest BCUT2D eigenvalue weighted by Crippen LogP contribution is 2.33. The van der Waals surface area contributed by atoms with Crippen LogP contribution < -0.4 is 15.4 Å². The Hall–Kier alpha value is -3.65. The van der Waals surface area contributed by atoms with Crippen LogP contribution in [0, 0.1) is 18.3 Å². The van der Waals surface area contributed by atoms with Gasteiger partial charge in [-0.05, 0) is 43.2 Å². The average Bonchev–Trinajstić information content (AvgIpc) is 2.82. The molecular formula is C23H22F2N4O4S. The standard InChI is InChI=1S/C23H22F2N4O4S/c1-4-33-22(30)18-17(11-34-21-15(10-26)12(2)9-16(27-21)20(24)25)28-23(31)29-19(18)13-5-7-14(32-3)8-6-13/h5-9,19-20H,4,11H2,1-3H3,(H2,28,29,31)/t19-/m1/s1. The van der Waals surface area contributed by atoms with Gasteiger partial charge >= 0.3 is 12.0 Å². The maximum atomic E-state index is 13.3. The van der Waals surface area contributed by atoms with Gasteiger partial charge in [0.05, 0.1) is 30.9 Å². The Morgan fingerprint density at radius 2 is 2.03 bits per heavy atom. The van der Waals surface area contributed by atoms with Crippen molar-refractivity contribution in [2.45, 2.75) is 31.3 Å². The molecule has 3 rings (SSSR count). The third-order valence-corrected chi connectivity index (χ3v) is 5.99. The molecule has 0 radical (unpaired) electrons. The highest BCUT2D eigenvalue weighted by molar-refractivity contribution is 7.99. The molecular weight excluding hydrogens is 466 g/mol. The third kappa shape index (κ3) is 5.46. The summed E-state index contributed by atoms with van der Waals surface area (Å²) in [6, 6.07) is 8.61. The summed E-state index contributed by atoms with van der Waals surface area (Å²) < 4.78 is 36.9. The SMILES string of the molecule is CCOC(=O)C1=C(CSc2nc(C(F)F)cc(C)c2C#N)NC(=O)N[C@@H]1c1ccc(OC)cc1. The van der Waals surface area contributed by atoms with Gasteiger partial charge < -0.3 is 20.1 Å². The van der Waals surface area contributed by atoms with Crippen LogP contribution in [0.3, 0.4) is 0 Å². The van der Waals surface area contributed by atoms with Crippen molar-refractivity contribution in [3.63, 3.8) is 0 Å². The summed E-state index contributed by atoms with van der Waals surface area (Å²) in [4.78, 5) is 29.2. The number of urea groups is 1. The van der Waals surface area contributed by atoms with E-state index in [2.05, 4.69) is 15.6 Å². The van der Waals surface area contributed by atoms with Gasteiger partial charge in [-0.3, -0.25) is 0 Å². The number of alkyl halides is 2. The monoisotopic (exact) mass is 488 g/mol. The highest BCUT2D eigenvalue weighted by atomic mass is 32.2. The van der Waals surface area contributed by atoms with Crippen LogP contribution in [0.1, 0.15) is 41.8 Å². The van der Waals surface area contributed by atoms with Crippen LogP contribution in [0.25, 0.3) is 0 Å². The molecule has 1 aromatic heterocycles. The molecule has 2 heterocycles. The number of nitriles is 1. The molecule has 0 spiro atoms. The number of halogens is 2. The predicted octanol–water partition coefficient (Wildman–Crippen LogP) is 4.17. The van der Waals surface area contributed by atoms with E-state index in [0.717, 1.165) is 11.8 Å². The van der Waals surface area contributed by atoms with Gasteiger partial charge in [-0.25, -0.2) is 23.4 Å². The Balaban J connectivity index is 2.03. The van der Waals surface area contributed by atoms with E-state index in [9.17, 15) is 23.6 Å². The van der Waals surface area contributed by atoms with Crippen molar-refractivity contribution in [1.29, 1.82) is 5.26 Å². The molecule has 0 saturated heterocycles. The quantitative estimate of drug-likeness (QED) is 0.423. The molecule has 8 nitrogen and oxygen atoms in total. The molecule has 2 aromatic rings. The van der Waals surface area contributed by atoms with Gasteiger partial charge in [0.1, 0.15) is 22.5 Å². The van der Waals surface area contributed by atoms with Crippen molar-refractivity contribution in [3.8, 4) is 11.8 Å². The molecule has 2 N–H and O–H groups in total. The summed E-state index contributed by atoms with van der Waals surface area (Å²) >= 11 is 0.973. The Labute approximate surface area is 199 Å². The molecule has 1 atom stereocenters. The summed E-state index contributed by atoms with van der Waals surface area (Å²) in [7, 11) is 1.52. The number of carbonyl (C=O) groups excluding carboxylic acids is 2. The number of carbonyl (C=O) groups is 2. The van der Waals surface area contributed by atoms with Gasteiger partial charge in [0.15, 0.2) is 0 Å². The number of nitrogens with one attached hydrogen (secondary N) is 2. The number of amides is 2. The molecule has 178 valence electrons. The number of rotatable bonds is 8. The summed E-state index contributed by atoms with van der Waals surface area (Å²) in [6.45, 7) is 3.32. The fraction of sp³-hybridized carbons (Fsp3) is 0.304. The van der Waals surface area contributed by atoms with E-state index in [0.29, 0.717) is 16.9 Å². The molecule has 0 unspecified atom stereocenters. The van der Waals surface area contributed by atoms with E-state index >= 15 is 0 Å². The molecule has 0 saturated carbocycles. The minimum Gasteiger partial charge on any atom is -0.497 e. The second kappa shape index (κ2) is 11.0. The van der Waals surface area contributed by atoms with Gasteiger partial charge in [-0.2, -0.15) is 5.26 Å². The van der Waals surface area contributed by atoms with Gasteiger partial charge in [0, 0.05) is 11.4 Å². The van der Waals surface area contributed by atoms with Crippen molar-refractivity contribution in [1.82, 2.24) is 15.6 Å². The number of hydrogen-bond acceptors (Lipinski definition) is 7. The van der Waals surface area contributed by atoms with E-state index < -0.39 is 30.2 Å².